The Balaban J connectivity index is 1.29. The smallest absolute Gasteiger partial charge is 0.408 e. The fourth-order valence-corrected chi connectivity index (χ4v) is 6.44. The number of sulfonamides is 1. The Morgan fingerprint density at radius 1 is 1.15 bits per heavy atom. The summed E-state index contributed by atoms with van der Waals surface area (Å²) in [4.78, 5) is 25.1. The molecule has 3 aromatic rings. The number of fused-ring (bicyclic) bond motifs is 2. The van der Waals surface area contributed by atoms with Crippen LogP contribution in [0.1, 0.15) is 42.9 Å². The van der Waals surface area contributed by atoms with Crippen LogP contribution in [0.3, 0.4) is 0 Å². The Morgan fingerprint density at radius 3 is 2.73 bits per heavy atom. The van der Waals surface area contributed by atoms with Crippen LogP contribution < -0.4 is 11.1 Å². The number of amides is 1. The molecule has 1 saturated heterocycles. The quantitative estimate of drug-likeness (QED) is 0.572. The number of hydrogen-bond acceptors (Lipinski definition) is 5. The lowest BCUT2D eigenvalue weighted by Gasteiger charge is -2.15. The molecule has 33 heavy (non-hydrogen) atoms. The molecule has 0 bridgehead atoms. The SMILES string of the molecule is O=C(CCn1c(=O)oc2cc(S(=O)(=O)N3CCCC3)ccc21)NC1CCc2cc(Cl)ccc21. The van der Waals surface area contributed by atoms with E-state index in [1.165, 1.54) is 21.0 Å². The van der Waals surface area contributed by atoms with Gasteiger partial charge in [-0.2, -0.15) is 4.31 Å². The molecule has 1 amide bonds. The van der Waals surface area contributed by atoms with E-state index in [0.29, 0.717) is 23.6 Å². The van der Waals surface area contributed by atoms with Crippen LogP contribution in [0, 0.1) is 0 Å². The van der Waals surface area contributed by atoms with Gasteiger partial charge in [-0.05, 0) is 61.1 Å². The molecule has 1 unspecified atom stereocenters. The molecule has 2 heterocycles. The lowest BCUT2D eigenvalue weighted by molar-refractivity contribution is -0.122. The fraction of sp³-hybridized carbons (Fsp3) is 0.391. The van der Waals surface area contributed by atoms with Gasteiger partial charge in [0.15, 0.2) is 5.58 Å². The minimum absolute atomic E-state index is 0.0686. The third-order valence-electron chi connectivity index (χ3n) is 6.42. The molecule has 0 spiro atoms. The molecule has 0 radical (unpaired) electrons. The van der Waals surface area contributed by atoms with Crippen molar-refractivity contribution in [1.29, 1.82) is 0 Å². The molecule has 1 aliphatic carbocycles. The largest absolute Gasteiger partial charge is 0.419 e. The lowest BCUT2D eigenvalue weighted by Crippen LogP contribution is -2.29. The van der Waals surface area contributed by atoms with Gasteiger partial charge in [0.1, 0.15) is 0 Å². The van der Waals surface area contributed by atoms with Crippen molar-refractivity contribution in [3.05, 3.63) is 63.1 Å². The monoisotopic (exact) mass is 489 g/mol. The predicted octanol–water partition coefficient (Wildman–Crippen LogP) is 3.23. The van der Waals surface area contributed by atoms with Crippen LogP contribution in [0.2, 0.25) is 5.02 Å². The minimum atomic E-state index is -3.61. The number of carbonyl (C=O) groups is 1. The molecule has 1 fully saturated rings. The van der Waals surface area contributed by atoms with Crippen LogP contribution in [0.15, 0.2) is 50.5 Å². The molecule has 1 N–H and O–H groups in total. The second-order valence-corrected chi connectivity index (χ2v) is 10.9. The first kappa shape index (κ1) is 22.2. The number of carbonyl (C=O) groups excluding carboxylic acids is 1. The Bertz CT molecular complexity index is 1390. The van der Waals surface area contributed by atoms with E-state index in [4.69, 9.17) is 16.0 Å². The molecule has 1 aliphatic heterocycles. The molecular formula is C23H24ClN3O5S. The minimum Gasteiger partial charge on any atom is -0.408 e. The van der Waals surface area contributed by atoms with Gasteiger partial charge in [-0.3, -0.25) is 9.36 Å². The second-order valence-electron chi connectivity index (χ2n) is 8.51. The molecule has 5 rings (SSSR count). The first-order valence-corrected chi connectivity index (χ1v) is 12.9. The summed E-state index contributed by atoms with van der Waals surface area (Å²) in [6.45, 7) is 1.13. The summed E-state index contributed by atoms with van der Waals surface area (Å²) in [6.07, 6.45) is 3.45. The number of halogens is 1. The van der Waals surface area contributed by atoms with E-state index < -0.39 is 15.8 Å². The van der Waals surface area contributed by atoms with Crippen LogP contribution in [0.4, 0.5) is 0 Å². The average molecular weight is 490 g/mol. The summed E-state index contributed by atoms with van der Waals surface area (Å²) in [5, 5.41) is 3.72. The van der Waals surface area contributed by atoms with Gasteiger partial charge >= 0.3 is 5.76 Å². The first-order chi connectivity index (χ1) is 15.8. The van der Waals surface area contributed by atoms with Crippen LogP contribution in [0.5, 0.6) is 0 Å². The van der Waals surface area contributed by atoms with E-state index >= 15 is 0 Å². The van der Waals surface area contributed by atoms with Crippen molar-refractivity contribution in [2.24, 2.45) is 0 Å². The molecule has 2 aromatic carbocycles. The van der Waals surface area contributed by atoms with Gasteiger partial charge in [0.25, 0.3) is 0 Å². The van der Waals surface area contributed by atoms with Gasteiger partial charge in [0.2, 0.25) is 15.9 Å². The van der Waals surface area contributed by atoms with Crippen molar-refractivity contribution in [3.63, 3.8) is 0 Å². The standard InChI is InChI=1S/C23H24ClN3O5S/c24-16-4-6-18-15(13-16)3-7-19(18)25-22(28)9-12-27-20-8-5-17(14-21(20)32-23(27)29)33(30,31)26-10-1-2-11-26/h4-6,8,13-14,19H,1-3,7,9-12H2,(H,25,28). The van der Waals surface area contributed by atoms with E-state index in [-0.39, 0.29) is 35.4 Å². The Labute approximate surface area is 196 Å². The second kappa shape index (κ2) is 8.62. The number of nitrogens with zero attached hydrogens (tertiary/aromatic N) is 2. The Morgan fingerprint density at radius 2 is 1.94 bits per heavy atom. The Hall–Kier alpha value is -2.62. The van der Waals surface area contributed by atoms with Crippen molar-refractivity contribution in [2.75, 3.05) is 13.1 Å². The Kier molecular flexibility index (Phi) is 5.80. The number of nitrogens with one attached hydrogen (secondary N) is 1. The van der Waals surface area contributed by atoms with Crippen molar-refractivity contribution in [1.82, 2.24) is 14.2 Å². The molecule has 1 atom stereocenters. The first-order valence-electron chi connectivity index (χ1n) is 11.0. The number of rotatable bonds is 6. The maximum Gasteiger partial charge on any atom is 0.419 e. The highest BCUT2D eigenvalue weighted by molar-refractivity contribution is 7.89. The highest BCUT2D eigenvalue weighted by atomic mass is 35.5. The number of benzene rings is 2. The topological polar surface area (TPSA) is 102 Å². The number of aromatic nitrogens is 1. The summed E-state index contributed by atoms with van der Waals surface area (Å²) in [5.74, 6) is -0.786. The fourth-order valence-electron chi connectivity index (χ4n) is 4.71. The van der Waals surface area contributed by atoms with Crippen molar-refractivity contribution >= 4 is 38.6 Å². The van der Waals surface area contributed by atoms with Crippen LogP contribution >= 0.6 is 11.6 Å². The van der Waals surface area contributed by atoms with Gasteiger partial charge in [-0.15, -0.1) is 0 Å². The van der Waals surface area contributed by atoms with Crippen molar-refractivity contribution in [3.8, 4) is 0 Å². The van der Waals surface area contributed by atoms with Crippen molar-refractivity contribution in [2.45, 2.75) is 49.6 Å². The third kappa shape index (κ3) is 4.20. The van der Waals surface area contributed by atoms with E-state index in [9.17, 15) is 18.0 Å². The molecule has 10 heteroatoms. The van der Waals surface area contributed by atoms with E-state index in [0.717, 1.165) is 36.8 Å². The van der Waals surface area contributed by atoms with Gasteiger partial charge in [-0.1, -0.05) is 17.7 Å². The summed E-state index contributed by atoms with van der Waals surface area (Å²) >= 11 is 6.05. The van der Waals surface area contributed by atoms with Crippen LogP contribution in [0.25, 0.3) is 11.1 Å². The molecule has 0 saturated carbocycles. The maximum atomic E-state index is 12.8. The molecule has 2 aliphatic rings. The van der Waals surface area contributed by atoms with E-state index in [2.05, 4.69) is 5.32 Å². The average Bonchev–Trinajstić information content (AvgIpc) is 3.51. The van der Waals surface area contributed by atoms with Gasteiger partial charge in [0, 0.05) is 37.1 Å². The summed E-state index contributed by atoms with van der Waals surface area (Å²) < 4.78 is 33.7. The molecular weight excluding hydrogens is 466 g/mol. The summed E-state index contributed by atoms with van der Waals surface area (Å²) in [7, 11) is -3.61. The molecule has 8 nitrogen and oxygen atoms in total. The summed E-state index contributed by atoms with van der Waals surface area (Å²) in [6, 6.07) is 10.1. The number of aryl methyl sites for hydroxylation is 2. The van der Waals surface area contributed by atoms with Crippen LogP contribution in [-0.4, -0.2) is 36.3 Å². The zero-order valence-electron chi connectivity index (χ0n) is 17.9. The highest BCUT2D eigenvalue weighted by Crippen LogP contribution is 2.33. The zero-order chi connectivity index (χ0) is 23.2. The summed E-state index contributed by atoms with van der Waals surface area (Å²) in [5.41, 5.74) is 2.88. The normalized spacial score (nSPS) is 18.6. The number of oxazole rings is 1. The van der Waals surface area contributed by atoms with E-state index in [1.54, 1.807) is 6.07 Å². The van der Waals surface area contributed by atoms with Gasteiger partial charge in [-0.25, -0.2) is 13.2 Å². The third-order valence-corrected chi connectivity index (χ3v) is 8.55. The van der Waals surface area contributed by atoms with Gasteiger partial charge in [0.05, 0.1) is 16.5 Å². The highest BCUT2D eigenvalue weighted by Gasteiger charge is 2.28. The van der Waals surface area contributed by atoms with Crippen LogP contribution in [-0.2, 0) is 27.8 Å². The predicted molar refractivity (Wildman–Crippen MR) is 124 cm³/mol. The molecule has 1 aromatic heterocycles. The number of hydrogen-bond donors (Lipinski definition) is 1. The lowest BCUT2D eigenvalue weighted by atomic mass is 10.1. The molecule has 174 valence electrons. The maximum absolute atomic E-state index is 12.8. The van der Waals surface area contributed by atoms with Gasteiger partial charge < -0.3 is 9.73 Å². The van der Waals surface area contributed by atoms with Crippen molar-refractivity contribution < 1.29 is 17.6 Å². The van der Waals surface area contributed by atoms with E-state index in [1.807, 2.05) is 18.2 Å². The zero-order valence-corrected chi connectivity index (χ0v) is 19.5.